The maximum absolute atomic E-state index is 12.7. The van der Waals surface area contributed by atoms with E-state index in [1.807, 2.05) is 30.5 Å². The van der Waals surface area contributed by atoms with Gasteiger partial charge < -0.3 is 10.2 Å². The molecule has 2 aromatic rings. The first-order valence-corrected chi connectivity index (χ1v) is 12.4. The average molecular weight is 454 g/mol. The first-order valence-electron chi connectivity index (χ1n) is 9.31. The summed E-state index contributed by atoms with van der Waals surface area (Å²) in [5.41, 5.74) is 0.823. The molecule has 1 fully saturated rings. The number of nitrogens with one attached hydrogen (secondary N) is 1. The number of halogens is 1. The van der Waals surface area contributed by atoms with E-state index in [2.05, 4.69) is 10.2 Å². The van der Waals surface area contributed by atoms with Crippen LogP contribution < -0.4 is 5.32 Å². The monoisotopic (exact) mass is 453 g/mol. The molecule has 1 N–H and O–H groups in total. The second-order valence-electron chi connectivity index (χ2n) is 6.70. The van der Waals surface area contributed by atoms with E-state index in [1.165, 1.54) is 16.4 Å². The molecule has 0 unspecified atom stereocenters. The molecule has 0 aliphatic carbocycles. The molecule has 0 bridgehead atoms. The number of rotatable bonds is 7. The van der Waals surface area contributed by atoms with Crippen LogP contribution in [0, 0.1) is 0 Å². The summed E-state index contributed by atoms with van der Waals surface area (Å²) in [6.07, 6.45) is 2.34. The van der Waals surface area contributed by atoms with Crippen molar-refractivity contribution in [2.24, 2.45) is 0 Å². The zero-order chi connectivity index (χ0) is 20.9. The molecule has 1 aliphatic heterocycles. The van der Waals surface area contributed by atoms with Gasteiger partial charge in [-0.3, -0.25) is 4.79 Å². The summed E-state index contributed by atoms with van der Waals surface area (Å²) in [6, 6.07) is 13.9. The van der Waals surface area contributed by atoms with Crippen LogP contribution in [0.2, 0.25) is 5.02 Å². The number of hydrogen-bond acceptors (Lipinski definition) is 5. The van der Waals surface area contributed by atoms with E-state index in [0.29, 0.717) is 44.2 Å². The Hall–Kier alpha value is -1.58. The number of thioether (sulfide) groups is 1. The third-order valence-electron chi connectivity index (χ3n) is 4.82. The fourth-order valence-corrected chi connectivity index (χ4v) is 5.27. The molecule has 6 nitrogen and oxygen atoms in total. The van der Waals surface area contributed by atoms with Crippen molar-refractivity contribution in [2.45, 2.75) is 16.2 Å². The van der Waals surface area contributed by atoms with E-state index < -0.39 is 10.0 Å². The Kier molecular flexibility index (Phi) is 7.59. The summed E-state index contributed by atoms with van der Waals surface area (Å²) in [6.45, 7) is 2.61. The van der Waals surface area contributed by atoms with Crippen LogP contribution in [0.3, 0.4) is 0 Å². The molecule has 1 heterocycles. The number of para-hydroxylation sites is 1. The predicted octanol–water partition coefficient (Wildman–Crippen LogP) is 3.40. The first kappa shape index (κ1) is 22.1. The standard InChI is InChI=1S/C20H24ClN3O3S2/c1-28-19-5-3-2-4-18(19)22-20(25)10-11-23-12-14-24(15-13-23)29(26,27)17-8-6-16(21)7-9-17/h2-9H,10-15H2,1H3,(H,22,25). The fourth-order valence-electron chi connectivity index (χ4n) is 3.17. The van der Waals surface area contributed by atoms with Gasteiger partial charge in [0.05, 0.1) is 10.6 Å². The molecular formula is C20H24ClN3O3S2. The van der Waals surface area contributed by atoms with Crippen LogP contribution in [-0.2, 0) is 14.8 Å². The van der Waals surface area contributed by atoms with Crippen molar-refractivity contribution in [3.05, 3.63) is 53.6 Å². The van der Waals surface area contributed by atoms with Crippen LogP contribution in [0.1, 0.15) is 6.42 Å². The molecule has 1 amide bonds. The van der Waals surface area contributed by atoms with Crippen LogP contribution in [0.15, 0.2) is 58.3 Å². The molecule has 2 aromatic carbocycles. The van der Waals surface area contributed by atoms with E-state index in [0.717, 1.165) is 10.6 Å². The molecule has 0 saturated carbocycles. The van der Waals surface area contributed by atoms with Gasteiger partial charge in [0.15, 0.2) is 0 Å². The highest BCUT2D eigenvalue weighted by molar-refractivity contribution is 7.98. The number of anilines is 1. The van der Waals surface area contributed by atoms with Crippen molar-refractivity contribution in [1.82, 2.24) is 9.21 Å². The molecule has 29 heavy (non-hydrogen) atoms. The van der Waals surface area contributed by atoms with Gasteiger partial charge in [-0.2, -0.15) is 4.31 Å². The molecule has 0 atom stereocenters. The number of carbonyl (C=O) groups excluding carboxylic acids is 1. The van der Waals surface area contributed by atoms with Crippen LogP contribution in [-0.4, -0.2) is 62.5 Å². The van der Waals surface area contributed by atoms with Crippen molar-refractivity contribution in [2.75, 3.05) is 44.3 Å². The van der Waals surface area contributed by atoms with Crippen molar-refractivity contribution < 1.29 is 13.2 Å². The SMILES string of the molecule is CSc1ccccc1NC(=O)CCN1CCN(S(=O)(=O)c2ccc(Cl)cc2)CC1. The lowest BCUT2D eigenvalue weighted by Crippen LogP contribution is -2.49. The number of piperazine rings is 1. The summed E-state index contributed by atoms with van der Waals surface area (Å²) in [5, 5.41) is 3.46. The van der Waals surface area contributed by atoms with Gasteiger partial charge in [-0.1, -0.05) is 23.7 Å². The number of nitrogens with zero attached hydrogens (tertiary/aromatic N) is 2. The molecule has 0 spiro atoms. The van der Waals surface area contributed by atoms with Crippen LogP contribution in [0.25, 0.3) is 0 Å². The second kappa shape index (κ2) is 9.95. The predicted molar refractivity (Wildman–Crippen MR) is 118 cm³/mol. The molecule has 3 rings (SSSR count). The summed E-state index contributed by atoms with van der Waals surface area (Å²) in [4.78, 5) is 15.7. The Morgan fingerprint density at radius 3 is 2.38 bits per heavy atom. The number of benzene rings is 2. The zero-order valence-electron chi connectivity index (χ0n) is 16.2. The second-order valence-corrected chi connectivity index (χ2v) is 9.92. The zero-order valence-corrected chi connectivity index (χ0v) is 18.6. The van der Waals surface area contributed by atoms with Gasteiger partial charge in [0, 0.05) is 49.1 Å². The van der Waals surface area contributed by atoms with E-state index >= 15 is 0 Å². The maximum atomic E-state index is 12.7. The third-order valence-corrected chi connectivity index (χ3v) is 7.78. The highest BCUT2D eigenvalue weighted by Crippen LogP contribution is 2.25. The number of hydrogen-bond donors (Lipinski definition) is 1. The van der Waals surface area contributed by atoms with Crippen molar-refractivity contribution in [3.8, 4) is 0 Å². The number of carbonyl (C=O) groups is 1. The lowest BCUT2D eigenvalue weighted by molar-refractivity contribution is -0.116. The van der Waals surface area contributed by atoms with E-state index in [9.17, 15) is 13.2 Å². The largest absolute Gasteiger partial charge is 0.325 e. The summed E-state index contributed by atoms with van der Waals surface area (Å²) in [5.74, 6) is -0.0392. The summed E-state index contributed by atoms with van der Waals surface area (Å²) < 4.78 is 27.0. The number of amides is 1. The molecule has 9 heteroatoms. The van der Waals surface area contributed by atoms with Crippen molar-refractivity contribution in [1.29, 1.82) is 0 Å². The Morgan fingerprint density at radius 2 is 1.72 bits per heavy atom. The minimum absolute atomic E-state index is 0.0392. The third kappa shape index (κ3) is 5.73. The molecule has 0 aromatic heterocycles. The molecule has 156 valence electrons. The Labute approximate surface area is 181 Å². The smallest absolute Gasteiger partial charge is 0.243 e. The van der Waals surface area contributed by atoms with E-state index in [4.69, 9.17) is 11.6 Å². The minimum Gasteiger partial charge on any atom is -0.325 e. The van der Waals surface area contributed by atoms with Gasteiger partial charge >= 0.3 is 0 Å². The average Bonchev–Trinajstić information content (AvgIpc) is 2.73. The van der Waals surface area contributed by atoms with Gasteiger partial charge in [0.2, 0.25) is 15.9 Å². The Bertz CT molecular complexity index is 944. The normalized spacial score (nSPS) is 15.9. The van der Waals surface area contributed by atoms with Crippen LogP contribution in [0.4, 0.5) is 5.69 Å². The van der Waals surface area contributed by atoms with Gasteiger partial charge in [-0.05, 0) is 42.7 Å². The van der Waals surface area contributed by atoms with Gasteiger partial charge in [-0.15, -0.1) is 11.8 Å². The molecule has 1 saturated heterocycles. The van der Waals surface area contributed by atoms with E-state index in [-0.39, 0.29) is 10.8 Å². The maximum Gasteiger partial charge on any atom is 0.243 e. The lowest BCUT2D eigenvalue weighted by Gasteiger charge is -2.33. The van der Waals surface area contributed by atoms with Crippen LogP contribution in [0.5, 0.6) is 0 Å². The lowest BCUT2D eigenvalue weighted by atomic mass is 10.3. The highest BCUT2D eigenvalue weighted by Gasteiger charge is 2.28. The summed E-state index contributed by atoms with van der Waals surface area (Å²) >= 11 is 7.44. The number of sulfonamides is 1. The van der Waals surface area contributed by atoms with Gasteiger partial charge in [0.25, 0.3) is 0 Å². The van der Waals surface area contributed by atoms with E-state index in [1.54, 1.807) is 23.9 Å². The Morgan fingerprint density at radius 1 is 1.07 bits per heavy atom. The summed E-state index contributed by atoms with van der Waals surface area (Å²) in [7, 11) is -3.52. The first-order chi connectivity index (χ1) is 13.9. The molecular weight excluding hydrogens is 430 g/mol. The van der Waals surface area contributed by atoms with Crippen molar-refractivity contribution in [3.63, 3.8) is 0 Å². The minimum atomic E-state index is -3.52. The van der Waals surface area contributed by atoms with Crippen LogP contribution >= 0.6 is 23.4 Å². The fraction of sp³-hybridized carbons (Fsp3) is 0.350. The van der Waals surface area contributed by atoms with Crippen molar-refractivity contribution >= 4 is 45.0 Å². The molecule has 1 aliphatic rings. The van der Waals surface area contributed by atoms with Gasteiger partial charge in [-0.25, -0.2) is 8.42 Å². The highest BCUT2D eigenvalue weighted by atomic mass is 35.5. The molecule has 0 radical (unpaired) electrons. The quantitative estimate of drug-likeness (QED) is 0.650. The Balaban J connectivity index is 1.48. The topological polar surface area (TPSA) is 69.7 Å². The van der Waals surface area contributed by atoms with Gasteiger partial charge in [0.1, 0.15) is 0 Å².